The van der Waals surface area contributed by atoms with Crippen molar-refractivity contribution in [3.05, 3.63) is 53.1 Å². The molecule has 0 unspecified atom stereocenters. The molecule has 6 nitrogen and oxygen atoms in total. The Kier molecular flexibility index (Phi) is 9.01. The van der Waals surface area contributed by atoms with Crippen LogP contribution in [0.5, 0.6) is 0 Å². The van der Waals surface area contributed by atoms with Crippen LogP contribution < -0.4 is 15.5 Å². The maximum atomic E-state index is 13.8. The molecule has 2 heterocycles. The predicted molar refractivity (Wildman–Crippen MR) is 159 cm³/mol. The summed E-state index contributed by atoms with van der Waals surface area (Å²) in [5.74, 6) is 2.01. The van der Waals surface area contributed by atoms with Gasteiger partial charge in [-0.25, -0.2) is 4.79 Å². The number of hydrogen-bond donors (Lipinski definition) is 2. The predicted octanol–water partition coefficient (Wildman–Crippen LogP) is 7.69. The van der Waals surface area contributed by atoms with E-state index in [4.69, 9.17) is 0 Å². The Balaban J connectivity index is 1.59. The van der Waals surface area contributed by atoms with Crippen molar-refractivity contribution in [2.75, 3.05) is 41.7 Å². The van der Waals surface area contributed by atoms with E-state index in [9.17, 15) is 9.59 Å². The van der Waals surface area contributed by atoms with Gasteiger partial charge in [-0.1, -0.05) is 59.7 Å². The second-order valence-corrected chi connectivity index (χ2v) is 12.1. The summed E-state index contributed by atoms with van der Waals surface area (Å²) in [6.07, 6.45) is 4.33. The van der Waals surface area contributed by atoms with Gasteiger partial charge in [-0.2, -0.15) is 0 Å². The number of carbonyl (C=O) groups is 2. The number of amides is 3. The number of likely N-dealkylation sites (tertiary alicyclic amines) is 1. The first-order chi connectivity index (χ1) is 18.1. The highest BCUT2D eigenvalue weighted by molar-refractivity contribution is 6.04. The van der Waals surface area contributed by atoms with Crippen molar-refractivity contribution in [3.63, 3.8) is 0 Å². The molecule has 0 saturated carbocycles. The highest BCUT2D eigenvalue weighted by atomic mass is 16.2. The molecule has 0 atom stereocenters. The lowest BCUT2D eigenvalue weighted by Gasteiger charge is -2.35. The van der Waals surface area contributed by atoms with Crippen molar-refractivity contribution in [2.45, 2.75) is 79.1 Å². The number of rotatable bonds is 6. The van der Waals surface area contributed by atoms with E-state index in [0.717, 1.165) is 74.4 Å². The fourth-order valence-electron chi connectivity index (χ4n) is 5.66. The van der Waals surface area contributed by atoms with E-state index in [2.05, 4.69) is 75.3 Å². The van der Waals surface area contributed by atoms with Crippen LogP contribution >= 0.6 is 0 Å². The number of anilines is 3. The molecule has 4 rings (SSSR count). The second-order valence-electron chi connectivity index (χ2n) is 12.1. The van der Waals surface area contributed by atoms with Crippen molar-refractivity contribution < 1.29 is 9.59 Å². The average molecular weight is 519 g/mol. The van der Waals surface area contributed by atoms with Crippen LogP contribution in [0.4, 0.5) is 21.9 Å². The zero-order valence-electron chi connectivity index (χ0n) is 24.1. The van der Waals surface area contributed by atoms with Gasteiger partial charge in [0.05, 0.1) is 5.56 Å². The molecule has 2 aromatic rings. The lowest BCUT2D eigenvalue weighted by atomic mass is 9.93. The number of para-hydroxylation sites is 1. The van der Waals surface area contributed by atoms with Crippen LogP contribution in [-0.2, 0) is 0 Å². The molecule has 2 aliphatic heterocycles. The monoisotopic (exact) mass is 518 g/mol. The van der Waals surface area contributed by atoms with Crippen molar-refractivity contribution in [1.82, 2.24) is 4.90 Å². The lowest BCUT2D eigenvalue weighted by Crippen LogP contribution is -2.40. The highest BCUT2D eigenvalue weighted by Crippen LogP contribution is 2.34. The smallest absolute Gasteiger partial charge is 0.323 e. The molecule has 2 fully saturated rings. The molecule has 0 radical (unpaired) electrons. The number of piperidine rings is 2. The first-order valence-corrected chi connectivity index (χ1v) is 14.5. The van der Waals surface area contributed by atoms with E-state index in [1.165, 1.54) is 0 Å². The molecular formula is C32H46N4O2. The first-order valence-electron chi connectivity index (χ1n) is 14.5. The van der Waals surface area contributed by atoms with E-state index in [1.54, 1.807) is 0 Å². The SMILES string of the molecule is CC1CCN(C(=O)c2cc(NC(=O)Nc3c(C(C)C)cccc3C(C)C)ccc2N2CCC(C)CC2)CC1. The van der Waals surface area contributed by atoms with Gasteiger partial charge in [0.2, 0.25) is 0 Å². The molecule has 0 aromatic heterocycles. The Morgan fingerprint density at radius 2 is 1.34 bits per heavy atom. The van der Waals surface area contributed by atoms with Gasteiger partial charge in [0, 0.05) is 43.2 Å². The molecule has 2 aliphatic rings. The molecule has 0 spiro atoms. The summed E-state index contributed by atoms with van der Waals surface area (Å²) in [5.41, 5.74) is 5.44. The Bertz CT molecular complexity index is 1100. The van der Waals surface area contributed by atoms with Crippen LogP contribution in [0.25, 0.3) is 0 Å². The number of carbonyl (C=O) groups excluding carboxylic acids is 2. The van der Waals surface area contributed by atoms with Crippen LogP contribution in [0.2, 0.25) is 0 Å². The minimum atomic E-state index is -0.287. The molecule has 6 heteroatoms. The third-order valence-corrected chi connectivity index (χ3v) is 8.29. The largest absolute Gasteiger partial charge is 0.371 e. The van der Waals surface area contributed by atoms with Gasteiger partial charge in [0.1, 0.15) is 0 Å². The van der Waals surface area contributed by atoms with E-state index in [1.807, 2.05) is 23.1 Å². The minimum Gasteiger partial charge on any atom is -0.371 e. The topological polar surface area (TPSA) is 64.7 Å². The molecular weight excluding hydrogens is 472 g/mol. The van der Waals surface area contributed by atoms with Gasteiger partial charge in [0.25, 0.3) is 5.91 Å². The van der Waals surface area contributed by atoms with Crippen LogP contribution in [0.1, 0.15) is 101 Å². The molecule has 2 N–H and O–H groups in total. The summed E-state index contributed by atoms with van der Waals surface area (Å²) in [6.45, 7) is 16.6. The number of urea groups is 1. The van der Waals surface area contributed by atoms with Crippen molar-refractivity contribution in [3.8, 4) is 0 Å². The maximum Gasteiger partial charge on any atom is 0.323 e. The summed E-state index contributed by atoms with van der Waals surface area (Å²) in [6, 6.07) is 11.8. The summed E-state index contributed by atoms with van der Waals surface area (Å²) < 4.78 is 0. The van der Waals surface area contributed by atoms with E-state index < -0.39 is 0 Å². The first kappa shape index (κ1) is 28.0. The third kappa shape index (κ3) is 6.51. The third-order valence-electron chi connectivity index (χ3n) is 8.29. The Labute approximate surface area is 229 Å². The number of nitrogens with zero attached hydrogens (tertiary/aromatic N) is 2. The van der Waals surface area contributed by atoms with Gasteiger partial charge in [-0.15, -0.1) is 0 Å². The van der Waals surface area contributed by atoms with Gasteiger partial charge in [-0.05, 0) is 78.7 Å². The average Bonchev–Trinajstić information content (AvgIpc) is 2.89. The number of nitrogens with one attached hydrogen (secondary N) is 2. The summed E-state index contributed by atoms with van der Waals surface area (Å²) in [5, 5.41) is 6.16. The standard InChI is InChI=1S/C32H46N4O2/c1-21(2)26-8-7-9-27(22(3)4)30(26)34-32(38)33-25-10-11-29(35-16-12-23(5)13-17-35)28(20-25)31(37)36-18-14-24(6)15-19-36/h7-11,20-24H,12-19H2,1-6H3,(H2,33,34,38). The van der Waals surface area contributed by atoms with Crippen LogP contribution in [0.3, 0.4) is 0 Å². The zero-order chi connectivity index (χ0) is 27.4. The molecule has 0 aliphatic carbocycles. The quantitative estimate of drug-likeness (QED) is 0.412. The lowest BCUT2D eigenvalue weighted by molar-refractivity contribution is 0.0697. The van der Waals surface area contributed by atoms with Gasteiger partial charge < -0.3 is 20.4 Å². The van der Waals surface area contributed by atoms with Crippen molar-refractivity contribution in [2.24, 2.45) is 11.8 Å². The van der Waals surface area contributed by atoms with Crippen LogP contribution in [0.15, 0.2) is 36.4 Å². The van der Waals surface area contributed by atoms with Crippen LogP contribution in [0, 0.1) is 11.8 Å². The highest BCUT2D eigenvalue weighted by Gasteiger charge is 2.27. The summed E-state index contributed by atoms with van der Waals surface area (Å²) in [4.78, 5) is 31.4. The van der Waals surface area contributed by atoms with E-state index in [0.29, 0.717) is 23.1 Å². The van der Waals surface area contributed by atoms with E-state index >= 15 is 0 Å². The maximum absolute atomic E-state index is 13.8. The van der Waals surface area contributed by atoms with Crippen molar-refractivity contribution in [1.29, 1.82) is 0 Å². The summed E-state index contributed by atoms with van der Waals surface area (Å²) >= 11 is 0. The fourth-order valence-corrected chi connectivity index (χ4v) is 5.66. The number of hydrogen-bond acceptors (Lipinski definition) is 3. The Morgan fingerprint density at radius 3 is 1.89 bits per heavy atom. The van der Waals surface area contributed by atoms with E-state index in [-0.39, 0.29) is 23.8 Å². The normalized spacial score (nSPS) is 17.3. The van der Waals surface area contributed by atoms with Gasteiger partial charge >= 0.3 is 6.03 Å². The summed E-state index contributed by atoms with van der Waals surface area (Å²) in [7, 11) is 0. The molecule has 0 bridgehead atoms. The zero-order valence-corrected chi connectivity index (χ0v) is 24.1. The molecule has 206 valence electrons. The van der Waals surface area contributed by atoms with Gasteiger partial charge in [0.15, 0.2) is 0 Å². The Morgan fingerprint density at radius 1 is 0.789 bits per heavy atom. The molecule has 3 amide bonds. The fraction of sp³-hybridized carbons (Fsp3) is 0.562. The van der Waals surface area contributed by atoms with Crippen molar-refractivity contribution >= 4 is 29.0 Å². The molecule has 38 heavy (non-hydrogen) atoms. The number of benzene rings is 2. The second kappa shape index (κ2) is 12.2. The minimum absolute atomic E-state index is 0.0711. The molecule has 2 aromatic carbocycles. The molecule has 2 saturated heterocycles. The van der Waals surface area contributed by atoms with Crippen LogP contribution in [-0.4, -0.2) is 43.0 Å². The van der Waals surface area contributed by atoms with Gasteiger partial charge in [-0.3, -0.25) is 4.79 Å². The Hall–Kier alpha value is -3.02.